The minimum absolute atomic E-state index is 0.161. The van der Waals surface area contributed by atoms with Crippen molar-refractivity contribution in [2.75, 3.05) is 11.9 Å². The second-order valence-corrected chi connectivity index (χ2v) is 8.16. The minimum Gasteiger partial charge on any atom is -0.444 e. The molecule has 0 fully saturated rings. The van der Waals surface area contributed by atoms with Crippen molar-refractivity contribution in [1.29, 1.82) is 0 Å². The van der Waals surface area contributed by atoms with Crippen molar-refractivity contribution in [1.82, 2.24) is 15.1 Å². The Morgan fingerprint density at radius 3 is 2.65 bits per heavy atom. The highest BCUT2D eigenvalue weighted by atomic mass is 19.1. The summed E-state index contributed by atoms with van der Waals surface area (Å²) in [5.41, 5.74) is 1.63. The summed E-state index contributed by atoms with van der Waals surface area (Å²) < 4.78 is 21.3. The van der Waals surface area contributed by atoms with Crippen LogP contribution in [0.15, 0.2) is 42.6 Å². The third-order valence-corrected chi connectivity index (χ3v) is 4.34. The smallest absolute Gasteiger partial charge is 0.408 e. The number of hydrogen-bond donors (Lipinski definition) is 3. The van der Waals surface area contributed by atoms with E-state index in [1.54, 1.807) is 31.5 Å². The lowest BCUT2D eigenvalue weighted by molar-refractivity contribution is -0.119. The first kappa shape index (κ1) is 22.2. The first-order valence-corrected chi connectivity index (χ1v) is 9.73. The third kappa shape index (κ3) is 5.37. The summed E-state index contributed by atoms with van der Waals surface area (Å²) in [5.74, 6) is -1.28. The number of amides is 2. The number of benzene rings is 2. The summed E-state index contributed by atoms with van der Waals surface area (Å²) >= 11 is 0. The largest absolute Gasteiger partial charge is 0.444 e. The van der Waals surface area contributed by atoms with Crippen LogP contribution in [0, 0.1) is 12.7 Å². The molecule has 0 radical (unpaired) electrons. The Balaban J connectivity index is 1.84. The molecule has 1 heterocycles. The van der Waals surface area contributed by atoms with Gasteiger partial charge in [0.2, 0.25) is 5.91 Å². The number of aliphatic hydroxyl groups is 1. The van der Waals surface area contributed by atoms with Gasteiger partial charge >= 0.3 is 6.09 Å². The van der Waals surface area contributed by atoms with Crippen LogP contribution >= 0.6 is 0 Å². The summed E-state index contributed by atoms with van der Waals surface area (Å²) in [5, 5.41) is 18.9. The van der Waals surface area contributed by atoms with Gasteiger partial charge in [0, 0.05) is 5.69 Å². The highest BCUT2D eigenvalue weighted by molar-refractivity contribution is 5.98. The number of aliphatic hydroxyl groups excluding tert-OH is 1. The SMILES string of the molecule is Cc1cccc(-n2ncc3c(F)cc(NC(=O)[C@H](CO)NC(=O)OC(C)(C)C)cc32)c1. The van der Waals surface area contributed by atoms with E-state index in [0.29, 0.717) is 10.9 Å². The molecule has 3 rings (SSSR count). The Kier molecular flexibility index (Phi) is 6.26. The highest BCUT2D eigenvalue weighted by Crippen LogP contribution is 2.25. The molecule has 0 bridgehead atoms. The van der Waals surface area contributed by atoms with Gasteiger partial charge in [0.15, 0.2) is 0 Å². The summed E-state index contributed by atoms with van der Waals surface area (Å²) in [6, 6.07) is 9.02. The lowest BCUT2D eigenvalue weighted by Crippen LogP contribution is -2.47. The molecule has 164 valence electrons. The van der Waals surface area contributed by atoms with Gasteiger partial charge in [0.25, 0.3) is 0 Å². The van der Waals surface area contributed by atoms with Gasteiger partial charge in [-0.2, -0.15) is 5.10 Å². The molecule has 31 heavy (non-hydrogen) atoms. The van der Waals surface area contributed by atoms with Crippen LogP contribution < -0.4 is 10.6 Å². The zero-order valence-electron chi connectivity index (χ0n) is 17.8. The quantitative estimate of drug-likeness (QED) is 0.578. The van der Waals surface area contributed by atoms with Crippen LogP contribution in [0.2, 0.25) is 0 Å². The fraction of sp³-hybridized carbons (Fsp3) is 0.318. The first-order valence-electron chi connectivity index (χ1n) is 9.73. The molecule has 0 saturated heterocycles. The average molecular weight is 428 g/mol. The van der Waals surface area contributed by atoms with Crippen molar-refractivity contribution < 1.29 is 23.8 Å². The van der Waals surface area contributed by atoms with Gasteiger partial charge in [-0.15, -0.1) is 0 Å². The Morgan fingerprint density at radius 2 is 2.00 bits per heavy atom. The van der Waals surface area contributed by atoms with Crippen LogP contribution in [0.4, 0.5) is 14.9 Å². The molecule has 0 spiro atoms. The van der Waals surface area contributed by atoms with Gasteiger partial charge < -0.3 is 20.5 Å². The summed E-state index contributed by atoms with van der Waals surface area (Å²) in [4.78, 5) is 24.5. The molecule has 0 aliphatic rings. The average Bonchev–Trinajstić information content (AvgIpc) is 3.09. The minimum atomic E-state index is -1.27. The number of aryl methyl sites for hydroxylation is 1. The number of alkyl carbamates (subject to hydrolysis) is 1. The Labute approximate surface area is 179 Å². The second-order valence-electron chi connectivity index (χ2n) is 8.16. The zero-order valence-corrected chi connectivity index (χ0v) is 17.8. The molecule has 0 saturated carbocycles. The van der Waals surface area contributed by atoms with Crippen LogP contribution in [-0.2, 0) is 9.53 Å². The number of halogens is 1. The molecule has 2 aromatic carbocycles. The second kappa shape index (κ2) is 8.73. The Bertz CT molecular complexity index is 1120. The van der Waals surface area contributed by atoms with E-state index in [0.717, 1.165) is 17.3 Å². The van der Waals surface area contributed by atoms with Crippen LogP contribution in [0.5, 0.6) is 0 Å². The van der Waals surface area contributed by atoms with Gasteiger partial charge in [0.1, 0.15) is 17.5 Å². The zero-order chi connectivity index (χ0) is 22.8. The molecular formula is C22H25FN4O4. The number of nitrogens with one attached hydrogen (secondary N) is 2. The number of fused-ring (bicyclic) bond motifs is 1. The van der Waals surface area contributed by atoms with Crippen LogP contribution in [-0.4, -0.2) is 45.1 Å². The van der Waals surface area contributed by atoms with E-state index in [4.69, 9.17) is 4.74 Å². The van der Waals surface area contributed by atoms with Gasteiger partial charge in [0.05, 0.1) is 29.4 Å². The molecule has 8 nitrogen and oxygen atoms in total. The number of aromatic nitrogens is 2. The molecule has 2 amide bonds. The highest BCUT2D eigenvalue weighted by Gasteiger charge is 2.24. The van der Waals surface area contributed by atoms with Crippen molar-refractivity contribution >= 4 is 28.6 Å². The first-order chi connectivity index (χ1) is 14.6. The van der Waals surface area contributed by atoms with E-state index in [9.17, 15) is 19.1 Å². The topological polar surface area (TPSA) is 105 Å². The summed E-state index contributed by atoms with van der Waals surface area (Å²) in [6.07, 6.45) is 0.569. The van der Waals surface area contributed by atoms with Crippen molar-refractivity contribution in [2.45, 2.75) is 39.3 Å². The monoisotopic (exact) mass is 428 g/mol. The molecule has 0 aliphatic heterocycles. The molecular weight excluding hydrogens is 403 g/mol. The molecule has 3 N–H and O–H groups in total. The molecule has 3 aromatic rings. The maximum Gasteiger partial charge on any atom is 0.408 e. The van der Waals surface area contributed by atoms with E-state index in [1.807, 2.05) is 31.2 Å². The van der Waals surface area contributed by atoms with Gasteiger partial charge in [-0.05, 0) is 57.5 Å². The third-order valence-electron chi connectivity index (χ3n) is 4.34. The number of nitrogens with zero attached hydrogens (tertiary/aromatic N) is 2. The predicted molar refractivity (Wildman–Crippen MR) is 115 cm³/mol. The fourth-order valence-corrected chi connectivity index (χ4v) is 2.99. The number of carbonyl (C=O) groups excluding carboxylic acids is 2. The Morgan fingerprint density at radius 1 is 1.26 bits per heavy atom. The van der Waals surface area contributed by atoms with Crippen molar-refractivity contribution in [3.8, 4) is 5.69 Å². The number of ether oxygens (including phenoxy) is 1. The van der Waals surface area contributed by atoms with E-state index < -0.39 is 36.1 Å². The molecule has 0 unspecified atom stereocenters. The number of rotatable bonds is 5. The van der Waals surface area contributed by atoms with E-state index in [2.05, 4.69) is 15.7 Å². The van der Waals surface area contributed by atoms with E-state index in [1.165, 1.54) is 6.20 Å². The van der Waals surface area contributed by atoms with Crippen LogP contribution in [0.3, 0.4) is 0 Å². The number of anilines is 1. The van der Waals surface area contributed by atoms with E-state index in [-0.39, 0.29) is 5.69 Å². The summed E-state index contributed by atoms with van der Waals surface area (Å²) in [7, 11) is 0. The van der Waals surface area contributed by atoms with E-state index >= 15 is 0 Å². The fourth-order valence-electron chi connectivity index (χ4n) is 2.99. The maximum absolute atomic E-state index is 14.6. The Hall–Kier alpha value is -3.46. The van der Waals surface area contributed by atoms with Crippen molar-refractivity contribution in [3.05, 3.63) is 54.0 Å². The molecule has 1 atom stereocenters. The predicted octanol–water partition coefficient (Wildman–Crippen LogP) is 3.30. The maximum atomic E-state index is 14.6. The molecule has 9 heteroatoms. The molecule has 1 aromatic heterocycles. The number of hydrogen-bond acceptors (Lipinski definition) is 5. The normalized spacial score (nSPS) is 12.5. The lowest BCUT2D eigenvalue weighted by atomic mass is 10.2. The summed E-state index contributed by atoms with van der Waals surface area (Å²) in [6.45, 7) is 6.31. The van der Waals surface area contributed by atoms with Gasteiger partial charge in [-0.25, -0.2) is 13.9 Å². The standard InChI is InChI=1S/C22H25FN4O4/c1-13-6-5-7-15(8-13)27-19-10-14(9-17(23)16(19)11-24-27)25-20(29)18(12-28)26-21(30)31-22(2,3)4/h5-11,18,28H,12H2,1-4H3,(H,25,29)(H,26,30)/t18-/m0/s1. The van der Waals surface area contributed by atoms with Crippen molar-refractivity contribution in [2.24, 2.45) is 0 Å². The van der Waals surface area contributed by atoms with Crippen molar-refractivity contribution in [3.63, 3.8) is 0 Å². The number of carbonyl (C=O) groups is 2. The van der Waals surface area contributed by atoms with Crippen LogP contribution in [0.25, 0.3) is 16.6 Å². The van der Waals surface area contributed by atoms with Gasteiger partial charge in [-0.3, -0.25) is 4.79 Å². The molecule has 0 aliphatic carbocycles. The van der Waals surface area contributed by atoms with Crippen LogP contribution in [0.1, 0.15) is 26.3 Å². The van der Waals surface area contributed by atoms with Gasteiger partial charge in [-0.1, -0.05) is 12.1 Å². The lowest BCUT2D eigenvalue weighted by Gasteiger charge is -2.22.